The van der Waals surface area contributed by atoms with Gasteiger partial charge in [0.15, 0.2) is 4.96 Å². The third-order valence-electron chi connectivity index (χ3n) is 4.96. The van der Waals surface area contributed by atoms with E-state index in [2.05, 4.69) is 5.32 Å². The van der Waals surface area contributed by atoms with E-state index in [1.807, 2.05) is 88.8 Å². The largest absolute Gasteiger partial charge is 0.467 e. The van der Waals surface area contributed by atoms with Gasteiger partial charge in [-0.15, -0.1) is 11.3 Å². The van der Waals surface area contributed by atoms with Crippen molar-refractivity contribution in [2.75, 3.05) is 0 Å². The second-order valence-electron chi connectivity index (χ2n) is 6.98. The summed E-state index contributed by atoms with van der Waals surface area (Å²) in [6.45, 7) is 0. The number of nitrogens with zero attached hydrogens (tertiary/aromatic N) is 2. The Bertz CT molecular complexity index is 1260. The average Bonchev–Trinajstić information content (AvgIpc) is 3.52. The minimum absolute atomic E-state index is 0.0742. The van der Waals surface area contributed by atoms with Crippen LogP contribution in [0.1, 0.15) is 23.1 Å². The van der Waals surface area contributed by atoms with E-state index < -0.39 is 0 Å². The van der Waals surface area contributed by atoms with Gasteiger partial charge in [-0.1, -0.05) is 60.7 Å². The quantitative estimate of drug-likeness (QED) is 0.421. The maximum Gasteiger partial charge on any atom is 0.226 e. The molecule has 6 heteroatoms. The fourth-order valence-corrected chi connectivity index (χ4v) is 4.37. The number of hydrogen-bond acceptors (Lipinski definition) is 4. The van der Waals surface area contributed by atoms with Crippen molar-refractivity contribution in [3.8, 4) is 11.3 Å². The molecule has 148 valence electrons. The number of carbonyl (C=O) groups excluding carboxylic acids is 1. The lowest BCUT2D eigenvalue weighted by Crippen LogP contribution is -2.30. The van der Waals surface area contributed by atoms with E-state index in [0.717, 1.165) is 27.5 Å². The number of rotatable bonds is 6. The molecule has 0 spiro atoms. The lowest BCUT2D eigenvalue weighted by atomic mass is 10.0. The van der Waals surface area contributed by atoms with E-state index in [4.69, 9.17) is 9.40 Å². The van der Waals surface area contributed by atoms with Crippen LogP contribution in [0.5, 0.6) is 0 Å². The zero-order chi connectivity index (χ0) is 20.3. The first kappa shape index (κ1) is 18.4. The molecule has 1 atom stereocenters. The van der Waals surface area contributed by atoms with Crippen molar-refractivity contribution in [3.05, 3.63) is 108 Å². The van der Waals surface area contributed by atoms with Gasteiger partial charge in [0.25, 0.3) is 0 Å². The van der Waals surface area contributed by atoms with Crippen LogP contribution in [0, 0.1) is 0 Å². The van der Waals surface area contributed by atoms with Gasteiger partial charge in [0.05, 0.1) is 18.4 Å². The number of carbonyl (C=O) groups is 1. The van der Waals surface area contributed by atoms with Gasteiger partial charge in [-0.05, 0) is 17.7 Å². The highest BCUT2D eigenvalue weighted by atomic mass is 32.1. The average molecular weight is 414 g/mol. The van der Waals surface area contributed by atoms with Crippen LogP contribution in [0.2, 0.25) is 0 Å². The smallest absolute Gasteiger partial charge is 0.226 e. The predicted molar refractivity (Wildman–Crippen MR) is 117 cm³/mol. The number of furan rings is 1. The Morgan fingerprint density at radius 1 is 1.03 bits per heavy atom. The number of imidazole rings is 1. The molecule has 0 fully saturated rings. The van der Waals surface area contributed by atoms with E-state index >= 15 is 0 Å². The predicted octanol–water partition coefficient (Wildman–Crippen LogP) is 5.10. The van der Waals surface area contributed by atoms with E-state index in [9.17, 15) is 4.79 Å². The molecular weight excluding hydrogens is 394 g/mol. The van der Waals surface area contributed by atoms with Crippen LogP contribution in [0.25, 0.3) is 16.2 Å². The van der Waals surface area contributed by atoms with Crippen molar-refractivity contribution < 1.29 is 9.21 Å². The first-order chi connectivity index (χ1) is 14.8. The van der Waals surface area contributed by atoms with Gasteiger partial charge in [0.1, 0.15) is 11.8 Å². The van der Waals surface area contributed by atoms with E-state index in [-0.39, 0.29) is 18.4 Å². The summed E-state index contributed by atoms with van der Waals surface area (Å²) in [5.74, 6) is 0.633. The van der Waals surface area contributed by atoms with E-state index in [1.165, 1.54) is 11.3 Å². The summed E-state index contributed by atoms with van der Waals surface area (Å²) >= 11 is 1.54. The summed E-state index contributed by atoms with van der Waals surface area (Å²) in [7, 11) is 0. The normalized spacial score (nSPS) is 12.1. The van der Waals surface area contributed by atoms with Gasteiger partial charge in [-0.2, -0.15) is 0 Å². The molecule has 1 N–H and O–H groups in total. The summed E-state index contributed by atoms with van der Waals surface area (Å²) < 4.78 is 7.58. The second-order valence-corrected chi connectivity index (χ2v) is 7.81. The van der Waals surface area contributed by atoms with Gasteiger partial charge in [-0.25, -0.2) is 4.98 Å². The Morgan fingerprint density at radius 2 is 1.80 bits per heavy atom. The molecule has 3 heterocycles. The number of fused-ring (bicyclic) bond motifs is 1. The number of amides is 1. The van der Waals surface area contributed by atoms with Crippen LogP contribution in [-0.4, -0.2) is 15.3 Å². The van der Waals surface area contributed by atoms with E-state index in [1.54, 1.807) is 6.26 Å². The van der Waals surface area contributed by atoms with Gasteiger partial charge in [0, 0.05) is 22.8 Å². The van der Waals surface area contributed by atoms with Gasteiger partial charge in [0.2, 0.25) is 5.91 Å². The molecule has 5 rings (SSSR count). The van der Waals surface area contributed by atoms with Crippen molar-refractivity contribution >= 4 is 22.2 Å². The Hall–Kier alpha value is -3.64. The molecule has 2 aromatic carbocycles. The summed E-state index contributed by atoms with van der Waals surface area (Å²) in [5, 5.41) is 5.10. The Morgan fingerprint density at radius 3 is 2.53 bits per heavy atom. The highest BCUT2D eigenvalue weighted by Gasteiger charge is 2.20. The Kier molecular flexibility index (Phi) is 4.91. The Labute approximate surface area is 177 Å². The van der Waals surface area contributed by atoms with Crippen molar-refractivity contribution in [1.82, 2.24) is 14.7 Å². The first-order valence-corrected chi connectivity index (χ1v) is 10.5. The molecule has 0 bridgehead atoms. The van der Waals surface area contributed by atoms with Crippen LogP contribution >= 0.6 is 11.3 Å². The summed E-state index contributed by atoms with van der Waals surface area (Å²) in [6.07, 6.45) is 3.87. The summed E-state index contributed by atoms with van der Waals surface area (Å²) in [5.41, 5.74) is 3.85. The number of benzene rings is 2. The highest BCUT2D eigenvalue weighted by Crippen LogP contribution is 2.25. The van der Waals surface area contributed by atoms with Crippen LogP contribution in [-0.2, 0) is 11.2 Å². The van der Waals surface area contributed by atoms with Crippen molar-refractivity contribution in [2.45, 2.75) is 12.5 Å². The minimum atomic E-state index is -0.328. The first-order valence-electron chi connectivity index (χ1n) is 9.66. The molecule has 0 aliphatic carbocycles. The molecule has 1 unspecified atom stereocenters. The van der Waals surface area contributed by atoms with E-state index in [0.29, 0.717) is 5.76 Å². The molecule has 5 aromatic rings. The third-order valence-corrected chi connectivity index (χ3v) is 5.85. The minimum Gasteiger partial charge on any atom is -0.467 e. The lowest BCUT2D eigenvalue weighted by Gasteiger charge is -2.17. The van der Waals surface area contributed by atoms with Crippen molar-refractivity contribution in [1.29, 1.82) is 0 Å². The SMILES string of the molecule is O=C(Cc1csc2nc(-c3ccccc3)cn12)NC(c1ccccc1)c1ccco1. The zero-order valence-electron chi connectivity index (χ0n) is 16.1. The van der Waals surface area contributed by atoms with Crippen LogP contribution < -0.4 is 5.32 Å². The molecule has 0 saturated carbocycles. The fraction of sp³-hybridized carbons (Fsp3) is 0.0833. The van der Waals surface area contributed by atoms with Gasteiger partial charge < -0.3 is 9.73 Å². The van der Waals surface area contributed by atoms with Crippen LogP contribution in [0.15, 0.2) is 95.1 Å². The van der Waals surface area contributed by atoms with Gasteiger partial charge in [-0.3, -0.25) is 9.20 Å². The van der Waals surface area contributed by atoms with Crippen molar-refractivity contribution in [2.24, 2.45) is 0 Å². The maximum absolute atomic E-state index is 12.9. The highest BCUT2D eigenvalue weighted by molar-refractivity contribution is 7.15. The molecule has 3 aromatic heterocycles. The Balaban J connectivity index is 1.38. The molecule has 0 aliphatic rings. The number of hydrogen-bond donors (Lipinski definition) is 1. The molecule has 0 radical (unpaired) electrons. The summed E-state index contributed by atoms with van der Waals surface area (Å²) in [6, 6.07) is 23.3. The molecule has 30 heavy (non-hydrogen) atoms. The molecule has 1 amide bonds. The zero-order valence-corrected chi connectivity index (χ0v) is 16.9. The number of thiazole rings is 1. The van der Waals surface area contributed by atoms with Crippen LogP contribution in [0.3, 0.4) is 0 Å². The van der Waals surface area contributed by atoms with Crippen molar-refractivity contribution in [3.63, 3.8) is 0 Å². The standard InChI is InChI=1S/C24H19N3O2S/c28-22(26-23(21-12-7-13-29-21)18-10-5-2-6-11-18)14-19-16-30-24-25-20(15-27(19)24)17-8-3-1-4-9-17/h1-13,15-16,23H,14H2,(H,26,28). The third kappa shape index (κ3) is 3.65. The van der Waals surface area contributed by atoms with Gasteiger partial charge >= 0.3 is 0 Å². The second kappa shape index (κ2) is 8.00. The topological polar surface area (TPSA) is 59.5 Å². The van der Waals surface area contributed by atoms with Crippen LogP contribution in [0.4, 0.5) is 0 Å². The summed E-state index contributed by atoms with van der Waals surface area (Å²) in [4.78, 5) is 18.5. The monoisotopic (exact) mass is 413 g/mol. The number of nitrogens with one attached hydrogen (secondary N) is 1. The fourth-order valence-electron chi connectivity index (χ4n) is 3.50. The molecular formula is C24H19N3O2S. The molecule has 5 nitrogen and oxygen atoms in total. The molecule has 0 saturated heterocycles. The number of aromatic nitrogens is 2. The molecule has 0 aliphatic heterocycles. The maximum atomic E-state index is 12.9. The lowest BCUT2D eigenvalue weighted by molar-refractivity contribution is -0.121.